The Morgan fingerprint density at radius 3 is 2.40 bits per heavy atom. The first-order chi connectivity index (χ1) is 29.7. The van der Waals surface area contributed by atoms with Crippen LogP contribution in [0.4, 0.5) is 45.3 Å². The van der Waals surface area contributed by atoms with Crippen molar-refractivity contribution in [3.63, 3.8) is 0 Å². The number of fused-ring (bicyclic) bond motifs is 5. The first-order valence-electron chi connectivity index (χ1n) is 18.7. The van der Waals surface area contributed by atoms with Gasteiger partial charge < -0.3 is 5.32 Å². The Bertz CT molecular complexity index is 3150. The number of carbonyl (C=O) groups excluding carboxylic acids is 1. The molecule has 63 heavy (non-hydrogen) atoms. The summed E-state index contributed by atoms with van der Waals surface area (Å²) in [6, 6.07) is 8.56. The molecule has 2 aliphatic rings. The number of alkyl halides is 5. The number of carbonyl (C=O) groups is 1. The van der Waals surface area contributed by atoms with Gasteiger partial charge in [-0.3, -0.25) is 28.2 Å². The van der Waals surface area contributed by atoms with Crippen LogP contribution in [0.3, 0.4) is 0 Å². The first-order valence-corrected chi connectivity index (χ1v) is 20.6. The molecule has 4 aromatic heterocycles. The summed E-state index contributed by atoms with van der Waals surface area (Å²) >= 11 is 6.62. The van der Waals surface area contributed by atoms with Gasteiger partial charge in [0.25, 0.3) is 11.5 Å². The molecule has 4 atom stereocenters. The Hall–Kier alpha value is -6.29. The molecule has 0 spiro atoms. The predicted octanol–water partition coefficient (Wildman–Crippen LogP) is 7.77. The molecular weight excluding hydrogens is 893 g/mol. The Balaban J connectivity index is 1.26. The average Bonchev–Trinajstić information content (AvgIpc) is 3.72. The Kier molecular flexibility index (Phi) is 9.96. The number of pyridine rings is 1. The molecular formula is C40H27ClF9N9O3S. The van der Waals surface area contributed by atoms with Gasteiger partial charge in [-0.05, 0) is 66.4 Å². The third-order valence-electron chi connectivity index (χ3n) is 10.9. The van der Waals surface area contributed by atoms with Crippen LogP contribution in [-0.2, 0) is 47.9 Å². The van der Waals surface area contributed by atoms with E-state index in [1.165, 1.54) is 42.3 Å². The van der Waals surface area contributed by atoms with E-state index >= 15 is 13.2 Å². The lowest BCUT2D eigenvalue weighted by Crippen LogP contribution is -2.38. The van der Waals surface area contributed by atoms with Crippen LogP contribution in [0, 0.1) is 29.2 Å². The third kappa shape index (κ3) is 7.27. The number of hydrogen-bond acceptors (Lipinski definition) is 7. The smallest absolute Gasteiger partial charge is 0.344 e. The zero-order valence-electron chi connectivity index (χ0n) is 32.2. The van der Waals surface area contributed by atoms with Crippen molar-refractivity contribution in [1.82, 2.24) is 39.4 Å². The van der Waals surface area contributed by atoms with Gasteiger partial charge >= 0.3 is 6.18 Å². The minimum atomic E-state index is -5.14. The van der Waals surface area contributed by atoms with Gasteiger partial charge in [-0.2, -0.15) is 32.1 Å². The lowest BCUT2D eigenvalue weighted by molar-refractivity contribution is -0.142. The van der Waals surface area contributed by atoms with Crippen molar-refractivity contribution in [1.29, 1.82) is 0 Å². The summed E-state index contributed by atoms with van der Waals surface area (Å²) in [4.78, 5) is 38.0. The van der Waals surface area contributed by atoms with Crippen molar-refractivity contribution in [2.75, 3.05) is 11.0 Å². The fraction of sp³-hybridized carbons (Fsp3) is 0.250. The molecule has 3 unspecified atom stereocenters. The number of aromatic nitrogens is 7. The molecule has 7 aromatic rings. The highest BCUT2D eigenvalue weighted by Crippen LogP contribution is 2.68. The number of anilines is 1. The van der Waals surface area contributed by atoms with Gasteiger partial charge in [0.15, 0.2) is 17.2 Å². The second-order valence-corrected chi connectivity index (χ2v) is 16.6. The van der Waals surface area contributed by atoms with Gasteiger partial charge in [-0.1, -0.05) is 11.6 Å². The molecule has 0 aliphatic heterocycles. The number of benzene rings is 3. The number of aryl methyl sites for hydroxylation is 1. The van der Waals surface area contributed by atoms with E-state index in [1.54, 1.807) is 0 Å². The number of amides is 1. The molecule has 1 saturated carbocycles. The van der Waals surface area contributed by atoms with Crippen molar-refractivity contribution >= 4 is 56.2 Å². The summed E-state index contributed by atoms with van der Waals surface area (Å²) in [7, 11) is -0.219. The minimum Gasteiger partial charge on any atom is -0.344 e. The number of halogens is 10. The van der Waals surface area contributed by atoms with E-state index in [2.05, 4.69) is 30.2 Å². The van der Waals surface area contributed by atoms with E-state index in [9.17, 15) is 40.1 Å². The summed E-state index contributed by atoms with van der Waals surface area (Å²) in [5, 5.41) is 10.3. The summed E-state index contributed by atoms with van der Waals surface area (Å²) in [6.07, 6.45) is -4.63. The van der Waals surface area contributed by atoms with Crippen molar-refractivity contribution in [3.8, 4) is 16.9 Å². The average molecular weight is 920 g/mol. The quantitative estimate of drug-likeness (QED) is 0.134. The van der Waals surface area contributed by atoms with Crippen molar-refractivity contribution in [2.24, 2.45) is 13.0 Å². The zero-order valence-corrected chi connectivity index (χ0v) is 33.7. The molecule has 3 aromatic carbocycles. The van der Waals surface area contributed by atoms with E-state index in [-0.39, 0.29) is 66.4 Å². The Morgan fingerprint density at radius 2 is 1.71 bits per heavy atom. The van der Waals surface area contributed by atoms with Gasteiger partial charge in [0.05, 0.1) is 38.7 Å². The van der Waals surface area contributed by atoms with Gasteiger partial charge in [0.1, 0.15) is 52.3 Å². The molecule has 12 nitrogen and oxygen atoms in total. The third-order valence-corrected chi connectivity index (χ3v) is 11.7. The summed E-state index contributed by atoms with van der Waals surface area (Å²) in [5.41, 5.74) is -5.01. The Morgan fingerprint density at radius 1 is 0.984 bits per heavy atom. The zero-order chi connectivity index (χ0) is 45.0. The molecule has 1 amide bonds. The Labute approximate surface area is 355 Å². The van der Waals surface area contributed by atoms with Crippen LogP contribution in [0.15, 0.2) is 65.5 Å². The summed E-state index contributed by atoms with van der Waals surface area (Å²) in [6.45, 7) is -1.21. The van der Waals surface area contributed by atoms with Crippen molar-refractivity contribution < 1.29 is 48.5 Å². The molecule has 2 N–H and O–H groups in total. The van der Waals surface area contributed by atoms with Gasteiger partial charge in [-0.25, -0.2) is 31.7 Å². The lowest BCUT2D eigenvalue weighted by atomic mass is 10.0. The number of hydrogen-bond donors (Lipinski definition) is 2. The van der Waals surface area contributed by atoms with Crippen molar-refractivity contribution in [3.05, 3.63) is 128 Å². The molecule has 0 radical (unpaired) electrons. The van der Waals surface area contributed by atoms with Crippen LogP contribution in [0.2, 0.25) is 5.02 Å². The van der Waals surface area contributed by atoms with E-state index < -0.39 is 111 Å². The molecule has 23 heteroatoms. The molecule has 2 aliphatic carbocycles. The SMILES string of the molecule is Cn1nc(NS(C)=O)c2c(Cl)ccc(-n3c(C(Cc4cc(F)cc(F)c4)NC(=O)Cn4nc(C(F)(F)F)c5c4C(F)(F)[C@@H]4CC54)nc4nc(-c5ccc(F)cc5F)ccc4c3=O)c21. The maximum atomic E-state index is 15.5. The highest BCUT2D eigenvalue weighted by molar-refractivity contribution is 7.85. The normalized spacial score (nSPS) is 17.5. The molecule has 0 bridgehead atoms. The van der Waals surface area contributed by atoms with Crippen LogP contribution >= 0.6 is 11.6 Å². The maximum absolute atomic E-state index is 15.5. The van der Waals surface area contributed by atoms with Crippen LogP contribution in [0.5, 0.6) is 0 Å². The molecule has 0 saturated heterocycles. The number of nitrogens with one attached hydrogen (secondary N) is 2. The monoisotopic (exact) mass is 919 g/mol. The lowest BCUT2D eigenvalue weighted by Gasteiger charge is -2.24. The topological polar surface area (TPSA) is 142 Å². The van der Waals surface area contributed by atoms with E-state index in [0.29, 0.717) is 12.1 Å². The van der Waals surface area contributed by atoms with E-state index in [4.69, 9.17) is 11.6 Å². The number of rotatable bonds is 10. The maximum Gasteiger partial charge on any atom is 0.435 e. The molecule has 4 heterocycles. The predicted molar refractivity (Wildman–Crippen MR) is 210 cm³/mol. The summed E-state index contributed by atoms with van der Waals surface area (Å²) < 4.78 is 149. The highest BCUT2D eigenvalue weighted by atomic mass is 35.5. The number of nitrogens with zero attached hydrogens (tertiary/aromatic N) is 7. The molecule has 9 rings (SSSR count). The van der Waals surface area contributed by atoms with Crippen molar-refractivity contribution in [2.45, 2.75) is 43.4 Å². The van der Waals surface area contributed by atoms with E-state index in [0.717, 1.165) is 28.8 Å². The largest absolute Gasteiger partial charge is 0.435 e. The minimum absolute atomic E-state index is 0.0238. The van der Waals surface area contributed by atoms with Crippen LogP contribution in [0.1, 0.15) is 46.7 Å². The fourth-order valence-electron chi connectivity index (χ4n) is 8.28. The fourth-order valence-corrected chi connectivity index (χ4v) is 8.94. The van der Waals surface area contributed by atoms with E-state index in [1.807, 2.05) is 0 Å². The van der Waals surface area contributed by atoms with Crippen LogP contribution < -0.4 is 15.6 Å². The first kappa shape index (κ1) is 42.0. The highest BCUT2D eigenvalue weighted by Gasteiger charge is 2.68. The molecule has 1 fully saturated rings. The van der Waals surface area contributed by atoms with Gasteiger partial charge in [0, 0.05) is 48.9 Å². The standard InChI is InChI=1S/C40H27ClF9N9O3S/c1-57-32-28(8-6-24(41)31(32)36(55-57)56-63(2)62)59-37(53-35-21(38(59)61)5-7-26(52-35)20-4-3-17(42)13-25(20)45)27(11-16-9-18(43)12-19(44)10-16)51-29(60)15-58-34-30(33(54-58)40(48,49)50)22-14-23(22)39(34,46)47/h3-10,12-13,22-23,27H,11,14-15H2,1-2H3,(H,51,60)(H,55,56)/t22?,23-,27?,63?/m1/s1. The summed E-state index contributed by atoms with van der Waals surface area (Å²) in [5.74, 6) is -12.0. The molecule has 326 valence electrons. The van der Waals surface area contributed by atoms with Gasteiger partial charge in [-0.15, -0.1) is 0 Å². The van der Waals surface area contributed by atoms with Gasteiger partial charge in [0.2, 0.25) is 5.91 Å². The second kappa shape index (κ2) is 14.9. The van der Waals surface area contributed by atoms with Crippen LogP contribution in [-0.4, -0.2) is 50.5 Å². The second-order valence-electron chi connectivity index (χ2n) is 15.1. The van der Waals surface area contributed by atoms with Crippen LogP contribution in [0.25, 0.3) is 38.9 Å².